The van der Waals surface area contributed by atoms with Crippen molar-refractivity contribution in [3.05, 3.63) is 72.6 Å². The molecule has 30 heavy (non-hydrogen) atoms. The quantitative estimate of drug-likeness (QED) is 0.339. The Balaban J connectivity index is 1.74. The monoisotopic (exact) mass is 420 g/mol. The number of aromatic amines is 1. The van der Waals surface area contributed by atoms with E-state index in [2.05, 4.69) is 15.2 Å². The number of ketones is 1. The van der Waals surface area contributed by atoms with Crippen molar-refractivity contribution in [3.8, 4) is 28.6 Å². The number of Topliss-reactive ketones (excluding diaryl/α,β-unsaturated/α-hetero) is 1. The van der Waals surface area contributed by atoms with Gasteiger partial charge in [0.05, 0.1) is 36.9 Å². The van der Waals surface area contributed by atoms with Crippen molar-refractivity contribution >= 4 is 17.5 Å². The summed E-state index contributed by atoms with van der Waals surface area (Å²) in [4.78, 5) is 15.4. The normalized spacial score (nSPS) is 10.7. The van der Waals surface area contributed by atoms with E-state index in [1.807, 2.05) is 53.1 Å². The molecule has 4 aromatic rings. The molecule has 7 nitrogen and oxygen atoms in total. The number of hydrogen-bond acceptors (Lipinski definition) is 6. The van der Waals surface area contributed by atoms with Crippen LogP contribution in [0.25, 0.3) is 17.1 Å². The number of nitrogens with one attached hydrogen (secondary N) is 1. The summed E-state index contributed by atoms with van der Waals surface area (Å²) >= 11 is 1.33. The lowest BCUT2D eigenvalue weighted by molar-refractivity contribution is 0.101. The first-order valence-electron chi connectivity index (χ1n) is 9.24. The summed E-state index contributed by atoms with van der Waals surface area (Å²) in [6, 6.07) is 18.8. The zero-order valence-electron chi connectivity index (χ0n) is 16.5. The molecular formula is C22H20N4O3S. The van der Waals surface area contributed by atoms with Gasteiger partial charge in [0, 0.05) is 6.20 Å². The van der Waals surface area contributed by atoms with Crippen LogP contribution < -0.4 is 9.47 Å². The van der Waals surface area contributed by atoms with Crippen molar-refractivity contribution in [1.82, 2.24) is 19.7 Å². The van der Waals surface area contributed by atoms with Gasteiger partial charge in [0.25, 0.3) is 0 Å². The van der Waals surface area contributed by atoms with Gasteiger partial charge >= 0.3 is 0 Å². The minimum absolute atomic E-state index is 0.00637. The largest absolute Gasteiger partial charge is 0.497 e. The number of benzene rings is 2. The maximum absolute atomic E-state index is 12.4. The summed E-state index contributed by atoms with van der Waals surface area (Å²) in [6.07, 6.45) is 1.73. The van der Waals surface area contributed by atoms with E-state index in [1.54, 1.807) is 32.5 Å². The Morgan fingerprint density at radius 1 is 1.00 bits per heavy atom. The van der Waals surface area contributed by atoms with Crippen LogP contribution in [0.3, 0.4) is 0 Å². The number of hydrogen-bond donors (Lipinski definition) is 1. The second-order valence-electron chi connectivity index (χ2n) is 6.34. The summed E-state index contributed by atoms with van der Waals surface area (Å²) in [5, 5.41) is 9.40. The van der Waals surface area contributed by atoms with Crippen molar-refractivity contribution in [1.29, 1.82) is 0 Å². The van der Waals surface area contributed by atoms with E-state index in [1.165, 1.54) is 11.8 Å². The summed E-state index contributed by atoms with van der Waals surface area (Å²) in [7, 11) is 3.25. The molecule has 0 saturated carbocycles. The van der Waals surface area contributed by atoms with Gasteiger partial charge in [0.15, 0.2) is 16.8 Å². The highest BCUT2D eigenvalue weighted by molar-refractivity contribution is 7.99. The molecule has 0 aliphatic heterocycles. The highest BCUT2D eigenvalue weighted by atomic mass is 32.2. The van der Waals surface area contributed by atoms with E-state index in [-0.39, 0.29) is 11.5 Å². The molecule has 2 heterocycles. The highest BCUT2D eigenvalue weighted by Gasteiger charge is 2.20. The molecule has 4 rings (SSSR count). The number of methoxy groups -OCH3 is 2. The Morgan fingerprint density at radius 3 is 2.50 bits per heavy atom. The van der Waals surface area contributed by atoms with Crippen LogP contribution in [0.4, 0.5) is 0 Å². The van der Waals surface area contributed by atoms with E-state index < -0.39 is 0 Å². The standard InChI is InChI=1S/C22H20N4O3S/c1-28-16-11-9-15(10-12-16)26-21(17-6-3-4-8-20(17)29-2)24-25-22(26)30-14-19(27)18-7-5-13-23-18/h3-13,23H,14H2,1-2H3. The predicted molar refractivity (Wildman–Crippen MR) is 116 cm³/mol. The molecule has 8 heteroatoms. The third-order valence-electron chi connectivity index (χ3n) is 4.54. The number of thioether (sulfide) groups is 1. The van der Waals surface area contributed by atoms with Crippen LogP contribution in [0.15, 0.2) is 72.0 Å². The summed E-state index contributed by atoms with van der Waals surface area (Å²) in [6.45, 7) is 0. The first-order valence-corrected chi connectivity index (χ1v) is 10.2. The van der Waals surface area contributed by atoms with Gasteiger partial charge in [-0.3, -0.25) is 9.36 Å². The van der Waals surface area contributed by atoms with Gasteiger partial charge < -0.3 is 14.5 Å². The maximum Gasteiger partial charge on any atom is 0.196 e. The number of carbonyl (C=O) groups excluding carboxylic acids is 1. The van der Waals surface area contributed by atoms with Crippen LogP contribution in [0.5, 0.6) is 11.5 Å². The molecule has 0 unspecified atom stereocenters. The van der Waals surface area contributed by atoms with Crippen LogP contribution in [-0.4, -0.2) is 45.5 Å². The fraction of sp³-hybridized carbons (Fsp3) is 0.136. The molecule has 0 saturated heterocycles. The first-order chi connectivity index (χ1) is 14.7. The van der Waals surface area contributed by atoms with Crippen molar-refractivity contribution in [2.24, 2.45) is 0 Å². The average Bonchev–Trinajstić information content (AvgIpc) is 3.48. The van der Waals surface area contributed by atoms with Crippen LogP contribution in [0.2, 0.25) is 0 Å². The van der Waals surface area contributed by atoms with Crippen molar-refractivity contribution < 1.29 is 14.3 Å². The van der Waals surface area contributed by atoms with Gasteiger partial charge in [-0.2, -0.15) is 0 Å². The molecule has 0 amide bonds. The van der Waals surface area contributed by atoms with E-state index in [4.69, 9.17) is 9.47 Å². The van der Waals surface area contributed by atoms with Gasteiger partial charge in [0.2, 0.25) is 0 Å². The topological polar surface area (TPSA) is 82.0 Å². The van der Waals surface area contributed by atoms with Crippen LogP contribution >= 0.6 is 11.8 Å². The maximum atomic E-state index is 12.4. The zero-order valence-corrected chi connectivity index (χ0v) is 17.3. The van der Waals surface area contributed by atoms with E-state index in [0.29, 0.717) is 22.4 Å². The summed E-state index contributed by atoms with van der Waals surface area (Å²) in [5.41, 5.74) is 2.24. The third kappa shape index (κ3) is 3.95. The van der Waals surface area contributed by atoms with Gasteiger partial charge in [-0.05, 0) is 48.5 Å². The molecule has 0 atom stereocenters. The fourth-order valence-corrected chi connectivity index (χ4v) is 3.88. The van der Waals surface area contributed by atoms with Crippen LogP contribution in [0.1, 0.15) is 10.5 Å². The van der Waals surface area contributed by atoms with E-state index >= 15 is 0 Å². The van der Waals surface area contributed by atoms with Crippen LogP contribution in [-0.2, 0) is 0 Å². The molecular weight excluding hydrogens is 400 g/mol. The summed E-state index contributed by atoms with van der Waals surface area (Å²) < 4.78 is 12.7. The van der Waals surface area contributed by atoms with Crippen molar-refractivity contribution in [2.75, 3.05) is 20.0 Å². The molecule has 0 spiro atoms. The molecule has 0 aliphatic rings. The Labute approximate surface area is 178 Å². The Hall–Kier alpha value is -3.52. The lowest BCUT2D eigenvalue weighted by Crippen LogP contribution is -2.05. The average molecular weight is 420 g/mol. The molecule has 0 radical (unpaired) electrons. The smallest absolute Gasteiger partial charge is 0.196 e. The number of nitrogens with zero attached hydrogens (tertiary/aromatic N) is 3. The Bertz CT molecular complexity index is 1140. The molecule has 2 aromatic carbocycles. The van der Waals surface area contributed by atoms with Gasteiger partial charge in [-0.1, -0.05) is 23.9 Å². The number of H-pyrrole nitrogens is 1. The van der Waals surface area contributed by atoms with E-state index in [0.717, 1.165) is 17.0 Å². The van der Waals surface area contributed by atoms with E-state index in [9.17, 15) is 4.79 Å². The molecule has 0 fully saturated rings. The molecule has 2 aromatic heterocycles. The number of rotatable bonds is 8. The van der Waals surface area contributed by atoms with Gasteiger partial charge in [-0.25, -0.2) is 0 Å². The molecule has 0 bridgehead atoms. The number of ether oxygens (including phenoxy) is 2. The van der Waals surface area contributed by atoms with Gasteiger partial charge in [-0.15, -0.1) is 10.2 Å². The Kier molecular flexibility index (Phi) is 5.85. The summed E-state index contributed by atoms with van der Waals surface area (Å²) in [5.74, 6) is 2.31. The van der Waals surface area contributed by atoms with Crippen molar-refractivity contribution in [2.45, 2.75) is 5.16 Å². The number of para-hydroxylation sites is 1. The number of aromatic nitrogens is 4. The minimum Gasteiger partial charge on any atom is -0.497 e. The third-order valence-corrected chi connectivity index (χ3v) is 5.47. The van der Waals surface area contributed by atoms with Gasteiger partial charge in [0.1, 0.15) is 11.5 Å². The number of carbonyl (C=O) groups is 1. The zero-order chi connectivity index (χ0) is 20.9. The fourth-order valence-electron chi connectivity index (χ4n) is 3.04. The SMILES string of the molecule is COc1ccc(-n2c(SCC(=O)c3ccc[nH]3)nnc2-c2ccccc2OC)cc1. The Morgan fingerprint density at radius 2 is 1.80 bits per heavy atom. The van der Waals surface area contributed by atoms with Crippen LogP contribution in [0, 0.1) is 0 Å². The minimum atomic E-state index is -0.00637. The van der Waals surface area contributed by atoms with Crippen molar-refractivity contribution in [3.63, 3.8) is 0 Å². The molecule has 152 valence electrons. The highest BCUT2D eigenvalue weighted by Crippen LogP contribution is 2.33. The second kappa shape index (κ2) is 8.87. The lowest BCUT2D eigenvalue weighted by Gasteiger charge is -2.12. The molecule has 0 aliphatic carbocycles. The predicted octanol–water partition coefficient (Wildman–Crippen LogP) is 4.25. The lowest BCUT2D eigenvalue weighted by atomic mass is 10.2. The molecule has 1 N–H and O–H groups in total. The second-order valence-corrected chi connectivity index (χ2v) is 7.28. The first kappa shape index (κ1) is 19.8.